The Balaban J connectivity index is 2.88. The van der Waals surface area contributed by atoms with Gasteiger partial charge in [-0.25, -0.2) is 8.42 Å². The smallest absolute Gasteiger partial charge is 0.230 e. The Morgan fingerprint density at radius 1 is 1.18 bits per heavy atom. The summed E-state index contributed by atoms with van der Waals surface area (Å²) in [6, 6.07) is 6.61. The molecule has 0 aliphatic heterocycles. The number of hydrogen-bond donors (Lipinski definition) is 1. The molecular weight excluding hydrogens is 300 g/mol. The molecule has 2 N–H and O–H groups in total. The molecule has 1 rings (SSSR count). The van der Waals surface area contributed by atoms with E-state index >= 15 is 0 Å². The van der Waals surface area contributed by atoms with E-state index in [0.717, 1.165) is 5.56 Å². The molecule has 1 aromatic carbocycles. The number of rotatable bonds is 7. The molecule has 0 aliphatic carbocycles. The maximum absolute atomic E-state index is 12.6. The molecule has 0 saturated carbocycles. The van der Waals surface area contributed by atoms with Gasteiger partial charge in [0.1, 0.15) is 0 Å². The second kappa shape index (κ2) is 7.24. The average Bonchev–Trinajstić information content (AvgIpc) is 2.49. The molecule has 0 spiro atoms. The van der Waals surface area contributed by atoms with E-state index in [-0.39, 0.29) is 10.8 Å². The van der Waals surface area contributed by atoms with E-state index in [9.17, 15) is 13.2 Å². The third kappa shape index (κ3) is 4.08. The van der Waals surface area contributed by atoms with E-state index < -0.39 is 15.3 Å². The van der Waals surface area contributed by atoms with E-state index in [2.05, 4.69) is 0 Å². The highest BCUT2D eigenvalue weighted by Crippen LogP contribution is 2.28. The van der Waals surface area contributed by atoms with Crippen LogP contribution in [0.5, 0.6) is 0 Å². The predicted molar refractivity (Wildman–Crippen MR) is 88.1 cm³/mol. The number of nitrogens with zero attached hydrogens (tertiary/aromatic N) is 1. The number of carbonyl (C=O) groups is 1. The van der Waals surface area contributed by atoms with Gasteiger partial charge in [0.05, 0.1) is 10.3 Å². The van der Waals surface area contributed by atoms with E-state index in [4.69, 9.17) is 5.73 Å². The summed E-state index contributed by atoms with van der Waals surface area (Å²) in [5, 5.41) is 0. The highest BCUT2D eigenvalue weighted by atomic mass is 32.2. The van der Waals surface area contributed by atoms with Crippen LogP contribution in [0.2, 0.25) is 0 Å². The Labute approximate surface area is 133 Å². The summed E-state index contributed by atoms with van der Waals surface area (Å²) < 4.78 is 22.9. The summed E-state index contributed by atoms with van der Waals surface area (Å²) in [6.07, 6.45) is 2.59. The topological polar surface area (TPSA) is 80.5 Å². The minimum atomic E-state index is -3.20. The quantitative estimate of drug-likeness (QED) is 0.828. The van der Waals surface area contributed by atoms with Crippen molar-refractivity contribution in [2.24, 2.45) is 11.1 Å². The zero-order chi connectivity index (χ0) is 17.0. The van der Waals surface area contributed by atoms with Crippen LogP contribution < -0.4 is 5.73 Å². The van der Waals surface area contributed by atoms with Gasteiger partial charge in [-0.3, -0.25) is 4.79 Å². The molecule has 1 amide bonds. The maximum atomic E-state index is 12.6. The van der Waals surface area contributed by atoms with Gasteiger partial charge in [-0.15, -0.1) is 0 Å². The molecule has 0 fully saturated rings. The Hall–Kier alpha value is -1.40. The molecule has 0 heterocycles. The maximum Gasteiger partial charge on any atom is 0.230 e. The first-order valence-corrected chi connectivity index (χ1v) is 9.34. The van der Waals surface area contributed by atoms with Crippen molar-refractivity contribution < 1.29 is 13.2 Å². The molecule has 0 saturated heterocycles. The van der Waals surface area contributed by atoms with Crippen LogP contribution in [0.1, 0.15) is 32.3 Å². The molecule has 5 nitrogen and oxygen atoms in total. The minimum absolute atomic E-state index is 0.0344. The molecule has 0 unspecified atom stereocenters. The molecular formula is C16H26N2O3S. The first kappa shape index (κ1) is 18.6. The van der Waals surface area contributed by atoms with Gasteiger partial charge < -0.3 is 10.6 Å². The van der Waals surface area contributed by atoms with Crippen molar-refractivity contribution >= 4 is 15.7 Å². The van der Waals surface area contributed by atoms with Crippen molar-refractivity contribution in [2.75, 3.05) is 19.8 Å². The van der Waals surface area contributed by atoms with Crippen LogP contribution in [0.15, 0.2) is 29.2 Å². The molecule has 0 aromatic heterocycles. The van der Waals surface area contributed by atoms with Crippen molar-refractivity contribution in [3.8, 4) is 0 Å². The molecule has 124 valence electrons. The molecule has 0 radical (unpaired) electrons. The molecule has 0 bridgehead atoms. The van der Waals surface area contributed by atoms with E-state index in [1.165, 1.54) is 6.26 Å². The SMILES string of the molecule is CCC(CC)(CN)C(=O)N(C)Cc1ccc(S(C)(=O)=O)cc1. The fourth-order valence-electron chi connectivity index (χ4n) is 2.52. The van der Waals surface area contributed by atoms with Crippen molar-refractivity contribution in [3.63, 3.8) is 0 Å². The van der Waals surface area contributed by atoms with Crippen LogP contribution in [0.3, 0.4) is 0 Å². The summed E-state index contributed by atoms with van der Waals surface area (Å²) in [7, 11) is -1.44. The van der Waals surface area contributed by atoms with Gasteiger partial charge in [0.15, 0.2) is 9.84 Å². The van der Waals surface area contributed by atoms with E-state index in [1.807, 2.05) is 13.8 Å². The van der Waals surface area contributed by atoms with Crippen molar-refractivity contribution in [2.45, 2.75) is 38.1 Å². The van der Waals surface area contributed by atoms with E-state index in [0.29, 0.717) is 25.9 Å². The summed E-state index contributed by atoms with van der Waals surface area (Å²) >= 11 is 0. The lowest BCUT2D eigenvalue weighted by atomic mass is 9.81. The van der Waals surface area contributed by atoms with Gasteiger partial charge >= 0.3 is 0 Å². The Kier molecular flexibility index (Phi) is 6.14. The second-order valence-electron chi connectivity index (χ2n) is 5.77. The number of benzene rings is 1. The van der Waals surface area contributed by atoms with Crippen LogP contribution in [-0.2, 0) is 21.2 Å². The molecule has 0 aliphatic rings. The summed E-state index contributed by atoms with van der Waals surface area (Å²) in [4.78, 5) is 14.6. The summed E-state index contributed by atoms with van der Waals surface area (Å²) in [5.41, 5.74) is 6.19. The van der Waals surface area contributed by atoms with Gasteiger partial charge in [0.2, 0.25) is 5.91 Å². The van der Waals surface area contributed by atoms with Crippen molar-refractivity contribution in [1.29, 1.82) is 0 Å². The third-order valence-corrected chi connectivity index (χ3v) is 5.44. The Morgan fingerprint density at radius 2 is 1.68 bits per heavy atom. The Bertz CT molecular complexity index is 597. The number of hydrogen-bond acceptors (Lipinski definition) is 4. The second-order valence-corrected chi connectivity index (χ2v) is 7.78. The summed E-state index contributed by atoms with van der Waals surface area (Å²) in [5.74, 6) is 0.0344. The monoisotopic (exact) mass is 326 g/mol. The number of amides is 1. The lowest BCUT2D eigenvalue weighted by molar-refractivity contribution is -0.141. The lowest BCUT2D eigenvalue weighted by Gasteiger charge is -2.33. The highest BCUT2D eigenvalue weighted by Gasteiger charge is 2.35. The van der Waals surface area contributed by atoms with Crippen molar-refractivity contribution in [1.82, 2.24) is 4.90 Å². The normalized spacial score (nSPS) is 12.2. The fraction of sp³-hybridized carbons (Fsp3) is 0.562. The van der Waals surface area contributed by atoms with E-state index in [1.54, 1.807) is 36.2 Å². The third-order valence-electron chi connectivity index (χ3n) is 4.32. The molecule has 22 heavy (non-hydrogen) atoms. The van der Waals surface area contributed by atoms with Crippen molar-refractivity contribution in [3.05, 3.63) is 29.8 Å². The van der Waals surface area contributed by atoms with Crippen LogP contribution in [0.25, 0.3) is 0 Å². The first-order chi connectivity index (χ1) is 10.2. The van der Waals surface area contributed by atoms with Crippen LogP contribution in [0.4, 0.5) is 0 Å². The lowest BCUT2D eigenvalue weighted by Crippen LogP contribution is -2.45. The van der Waals surface area contributed by atoms with Crippen LogP contribution >= 0.6 is 0 Å². The van der Waals surface area contributed by atoms with Gasteiger partial charge in [-0.05, 0) is 30.5 Å². The average molecular weight is 326 g/mol. The summed E-state index contributed by atoms with van der Waals surface area (Å²) in [6.45, 7) is 4.72. The van der Waals surface area contributed by atoms with Gasteiger partial charge in [0, 0.05) is 26.4 Å². The Morgan fingerprint density at radius 3 is 2.05 bits per heavy atom. The standard InChI is InChI=1S/C16H26N2O3S/c1-5-16(6-2,12-17)15(19)18(3)11-13-7-9-14(10-8-13)22(4,20)21/h7-10H,5-6,11-12,17H2,1-4H3. The number of nitrogens with two attached hydrogens (primary N) is 1. The van der Waals surface area contributed by atoms with Crippen LogP contribution in [-0.4, -0.2) is 39.1 Å². The minimum Gasteiger partial charge on any atom is -0.341 e. The van der Waals surface area contributed by atoms with Crippen LogP contribution in [0, 0.1) is 5.41 Å². The van der Waals surface area contributed by atoms with Gasteiger partial charge in [-0.1, -0.05) is 26.0 Å². The van der Waals surface area contributed by atoms with Gasteiger partial charge in [-0.2, -0.15) is 0 Å². The number of sulfone groups is 1. The predicted octanol–water partition coefficient (Wildman–Crippen LogP) is 1.81. The zero-order valence-electron chi connectivity index (χ0n) is 13.8. The fourth-order valence-corrected chi connectivity index (χ4v) is 3.15. The number of carbonyl (C=O) groups excluding carboxylic acids is 1. The molecule has 1 aromatic rings. The molecule has 0 atom stereocenters. The molecule has 6 heteroatoms. The highest BCUT2D eigenvalue weighted by molar-refractivity contribution is 7.90. The first-order valence-electron chi connectivity index (χ1n) is 7.44. The zero-order valence-corrected chi connectivity index (χ0v) is 14.6. The van der Waals surface area contributed by atoms with Gasteiger partial charge in [0.25, 0.3) is 0 Å². The largest absolute Gasteiger partial charge is 0.341 e.